The highest BCUT2D eigenvalue weighted by molar-refractivity contribution is 8.18. The standard InChI is InChI=1S/C15H11ClN2O2S/c1-9-11(16)5-2-6-12(9)17-15-18-14(19)13(21-15)8-10-4-3-7-20-10/h2-8H,1H3,(H,17,18,19). The molecule has 2 heterocycles. The Morgan fingerprint density at radius 2 is 2.19 bits per heavy atom. The quantitative estimate of drug-likeness (QED) is 0.847. The van der Waals surface area contributed by atoms with Crippen LogP contribution in [0.5, 0.6) is 0 Å². The molecule has 2 aromatic rings. The van der Waals surface area contributed by atoms with Crippen molar-refractivity contribution in [2.24, 2.45) is 4.99 Å². The molecule has 0 unspecified atom stereocenters. The second-order valence-corrected chi connectivity index (χ2v) is 5.82. The lowest BCUT2D eigenvalue weighted by Gasteiger charge is -2.02. The predicted molar refractivity (Wildman–Crippen MR) is 85.7 cm³/mol. The van der Waals surface area contributed by atoms with Crippen LogP contribution >= 0.6 is 23.4 Å². The highest BCUT2D eigenvalue weighted by Gasteiger charge is 2.24. The molecule has 1 aromatic carbocycles. The Balaban J connectivity index is 1.87. The van der Waals surface area contributed by atoms with Crippen LogP contribution in [0.15, 0.2) is 50.9 Å². The summed E-state index contributed by atoms with van der Waals surface area (Å²) in [5, 5.41) is 3.91. The van der Waals surface area contributed by atoms with E-state index in [-0.39, 0.29) is 5.91 Å². The van der Waals surface area contributed by atoms with Gasteiger partial charge in [-0.15, -0.1) is 0 Å². The SMILES string of the molecule is Cc1c(Cl)cccc1N=C1NC(=O)C(=Cc2ccco2)S1. The topological polar surface area (TPSA) is 54.6 Å². The number of carbonyl (C=O) groups excluding carboxylic acids is 1. The molecule has 1 aliphatic rings. The molecule has 0 atom stereocenters. The van der Waals surface area contributed by atoms with Gasteiger partial charge in [0.25, 0.3) is 5.91 Å². The maximum atomic E-state index is 11.9. The minimum absolute atomic E-state index is 0.185. The van der Waals surface area contributed by atoms with E-state index in [1.165, 1.54) is 11.8 Å². The van der Waals surface area contributed by atoms with E-state index in [1.807, 2.05) is 25.1 Å². The van der Waals surface area contributed by atoms with Crippen LogP contribution < -0.4 is 5.32 Å². The Kier molecular flexibility index (Phi) is 3.86. The Morgan fingerprint density at radius 3 is 2.95 bits per heavy atom. The van der Waals surface area contributed by atoms with Crippen LogP contribution in [-0.4, -0.2) is 11.1 Å². The number of benzene rings is 1. The summed E-state index contributed by atoms with van der Waals surface area (Å²) < 4.78 is 5.21. The van der Waals surface area contributed by atoms with Gasteiger partial charge < -0.3 is 9.73 Å². The zero-order chi connectivity index (χ0) is 14.8. The van der Waals surface area contributed by atoms with Gasteiger partial charge in [-0.2, -0.15) is 0 Å². The van der Waals surface area contributed by atoms with Gasteiger partial charge in [-0.25, -0.2) is 4.99 Å². The van der Waals surface area contributed by atoms with E-state index in [1.54, 1.807) is 24.5 Å². The number of hydrogen-bond donors (Lipinski definition) is 1. The van der Waals surface area contributed by atoms with E-state index in [9.17, 15) is 4.79 Å². The van der Waals surface area contributed by atoms with Crippen LogP contribution in [0.1, 0.15) is 11.3 Å². The molecule has 6 heteroatoms. The van der Waals surface area contributed by atoms with Gasteiger partial charge in [0.1, 0.15) is 5.76 Å². The number of halogens is 1. The van der Waals surface area contributed by atoms with E-state index >= 15 is 0 Å². The molecule has 1 fully saturated rings. The number of carbonyl (C=O) groups is 1. The Morgan fingerprint density at radius 1 is 1.33 bits per heavy atom. The maximum absolute atomic E-state index is 11.9. The third-order valence-corrected chi connectivity index (χ3v) is 4.25. The zero-order valence-electron chi connectivity index (χ0n) is 11.1. The minimum Gasteiger partial charge on any atom is -0.465 e. The van der Waals surface area contributed by atoms with Crippen molar-refractivity contribution in [3.05, 3.63) is 57.8 Å². The fourth-order valence-corrected chi connectivity index (χ4v) is 2.79. The number of amides is 1. The van der Waals surface area contributed by atoms with Gasteiger partial charge in [0.2, 0.25) is 0 Å². The number of furan rings is 1. The summed E-state index contributed by atoms with van der Waals surface area (Å²) in [7, 11) is 0. The number of thioether (sulfide) groups is 1. The first-order valence-electron chi connectivity index (χ1n) is 6.22. The molecule has 1 aliphatic heterocycles. The van der Waals surface area contributed by atoms with Crippen LogP contribution in [0, 0.1) is 6.92 Å². The van der Waals surface area contributed by atoms with Gasteiger partial charge in [-0.3, -0.25) is 4.79 Å². The van der Waals surface area contributed by atoms with Crippen molar-refractivity contribution in [2.45, 2.75) is 6.92 Å². The van der Waals surface area contributed by atoms with Crippen molar-refractivity contribution in [2.75, 3.05) is 0 Å². The molecule has 3 rings (SSSR count). The lowest BCUT2D eigenvalue weighted by molar-refractivity contribution is -0.115. The van der Waals surface area contributed by atoms with Gasteiger partial charge in [-0.05, 0) is 48.5 Å². The normalized spacial score (nSPS) is 18.5. The molecule has 1 amide bonds. The van der Waals surface area contributed by atoms with Crippen molar-refractivity contribution in [1.82, 2.24) is 5.32 Å². The van der Waals surface area contributed by atoms with Gasteiger partial charge in [0, 0.05) is 11.1 Å². The first-order chi connectivity index (χ1) is 10.1. The van der Waals surface area contributed by atoms with Gasteiger partial charge in [-0.1, -0.05) is 17.7 Å². The molecule has 1 saturated heterocycles. The second kappa shape index (κ2) is 5.79. The van der Waals surface area contributed by atoms with Gasteiger partial charge in [0.05, 0.1) is 16.9 Å². The number of nitrogens with zero attached hydrogens (tertiary/aromatic N) is 1. The van der Waals surface area contributed by atoms with Crippen molar-refractivity contribution in [1.29, 1.82) is 0 Å². The molecular formula is C15H11ClN2O2S. The Hall–Kier alpha value is -1.98. The molecule has 0 saturated carbocycles. The second-order valence-electron chi connectivity index (χ2n) is 4.38. The Bertz CT molecular complexity index is 751. The van der Waals surface area contributed by atoms with Gasteiger partial charge in [0.15, 0.2) is 5.17 Å². The average Bonchev–Trinajstić information content (AvgIpc) is 3.07. The first-order valence-corrected chi connectivity index (χ1v) is 7.41. The Labute approximate surface area is 130 Å². The first kappa shape index (κ1) is 14.0. The molecule has 0 aliphatic carbocycles. The fraction of sp³-hybridized carbons (Fsp3) is 0.0667. The maximum Gasteiger partial charge on any atom is 0.264 e. The third kappa shape index (κ3) is 3.04. The number of aliphatic imine (C=N–C) groups is 1. The monoisotopic (exact) mass is 318 g/mol. The van der Waals surface area contributed by atoms with E-state index in [2.05, 4.69) is 10.3 Å². The van der Waals surface area contributed by atoms with Crippen molar-refractivity contribution in [3.8, 4) is 0 Å². The molecule has 21 heavy (non-hydrogen) atoms. The number of rotatable bonds is 2. The minimum atomic E-state index is -0.185. The summed E-state index contributed by atoms with van der Waals surface area (Å²) in [5.74, 6) is 0.447. The van der Waals surface area contributed by atoms with Crippen molar-refractivity contribution >= 4 is 46.2 Å². The fourth-order valence-electron chi connectivity index (χ4n) is 1.81. The highest BCUT2D eigenvalue weighted by Crippen LogP contribution is 2.31. The van der Waals surface area contributed by atoms with Crippen LogP contribution in [0.2, 0.25) is 5.02 Å². The lowest BCUT2D eigenvalue weighted by atomic mass is 10.2. The van der Waals surface area contributed by atoms with E-state index in [0.29, 0.717) is 20.9 Å². The molecule has 4 nitrogen and oxygen atoms in total. The van der Waals surface area contributed by atoms with Crippen LogP contribution in [0.3, 0.4) is 0 Å². The van der Waals surface area contributed by atoms with E-state index in [4.69, 9.17) is 16.0 Å². The lowest BCUT2D eigenvalue weighted by Crippen LogP contribution is -2.19. The summed E-state index contributed by atoms with van der Waals surface area (Å²) in [5.41, 5.74) is 1.62. The van der Waals surface area contributed by atoms with Crippen LogP contribution in [0.25, 0.3) is 6.08 Å². The smallest absolute Gasteiger partial charge is 0.264 e. The summed E-state index contributed by atoms with van der Waals surface area (Å²) in [6.45, 7) is 1.89. The zero-order valence-corrected chi connectivity index (χ0v) is 12.7. The molecule has 1 aromatic heterocycles. The number of hydrogen-bond acceptors (Lipinski definition) is 4. The van der Waals surface area contributed by atoms with Crippen molar-refractivity contribution in [3.63, 3.8) is 0 Å². The highest BCUT2D eigenvalue weighted by atomic mass is 35.5. The molecular weight excluding hydrogens is 308 g/mol. The molecule has 0 bridgehead atoms. The predicted octanol–water partition coefficient (Wildman–Crippen LogP) is 4.13. The molecule has 0 spiro atoms. The van der Waals surface area contributed by atoms with Gasteiger partial charge >= 0.3 is 0 Å². The van der Waals surface area contributed by atoms with E-state index in [0.717, 1.165) is 11.3 Å². The molecule has 1 N–H and O–H groups in total. The van der Waals surface area contributed by atoms with Crippen LogP contribution in [0.4, 0.5) is 5.69 Å². The number of amidine groups is 1. The van der Waals surface area contributed by atoms with E-state index < -0.39 is 0 Å². The largest absolute Gasteiger partial charge is 0.465 e. The van der Waals surface area contributed by atoms with Crippen molar-refractivity contribution < 1.29 is 9.21 Å². The molecule has 106 valence electrons. The third-order valence-electron chi connectivity index (χ3n) is 2.93. The average molecular weight is 319 g/mol. The summed E-state index contributed by atoms with van der Waals surface area (Å²) in [6, 6.07) is 9.06. The summed E-state index contributed by atoms with van der Waals surface area (Å²) in [6.07, 6.45) is 3.25. The summed E-state index contributed by atoms with van der Waals surface area (Å²) in [4.78, 5) is 16.9. The number of nitrogens with one attached hydrogen (secondary N) is 1. The molecule has 0 radical (unpaired) electrons. The summed E-state index contributed by atoms with van der Waals surface area (Å²) >= 11 is 7.34. The van der Waals surface area contributed by atoms with Crippen LogP contribution in [-0.2, 0) is 4.79 Å².